The SMILES string of the molecule is CCC1(C)CCN(C(=O)[C@@H]2CCCN(C3CCN(Cc4cccnc4)CC3)C2)CC1. The van der Waals surface area contributed by atoms with Gasteiger partial charge in [-0.1, -0.05) is 26.3 Å². The first kappa shape index (κ1) is 21.8. The number of carbonyl (C=O) groups excluding carboxylic acids is 1. The maximum Gasteiger partial charge on any atom is 0.226 e. The molecule has 3 saturated heterocycles. The van der Waals surface area contributed by atoms with Crippen LogP contribution in [0.15, 0.2) is 24.5 Å². The molecular weight excluding hydrogens is 372 g/mol. The molecule has 166 valence electrons. The molecule has 0 bridgehead atoms. The fourth-order valence-corrected chi connectivity index (χ4v) is 5.61. The summed E-state index contributed by atoms with van der Waals surface area (Å²) in [5.74, 6) is 0.657. The molecule has 4 heterocycles. The van der Waals surface area contributed by atoms with Crippen molar-refractivity contribution in [1.82, 2.24) is 19.7 Å². The van der Waals surface area contributed by atoms with Crippen LogP contribution in [0.4, 0.5) is 0 Å². The number of carbonyl (C=O) groups is 1. The summed E-state index contributed by atoms with van der Waals surface area (Å²) in [6.07, 6.45) is 12.1. The molecular formula is C25H40N4O. The Bertz CT molecular complexity index is 678. The summed E-state index contributed by atoms with van der Waals surface area (Å²) in [5.41, 5.74) is 1.75. The first-order chi connectivity index (χ1) is 14.6. The minimum absolute atomic E-state index is 0.221. The van der Waals surface area contributed by atoms with E-state index in [9.17, 15) is 4.79 Å². The molecule has 0 radical (unpaired) electrons. The van der Waals surface area contributed by atoms with E-state index in [1.54, 1.807) is 0 Å². The monoisotopic (exact) mass is 412 g/mol. The molecule has 4 rings (SSSR count). The van der Waals surface area contributed by atoms with Gasteiger partial charge in [-0.3, -0.25) is 19.6 Å². The molecule has 1 atom stereocenters. The minimum atomic E-state index is 0.221. The Kier molecular flexibility index (Phi) is 7.09. The zero-order chi connectivity index (χ0) is 21.0. The van der Waals surface area contributed by atoms with E-state index >= 15 is 0 Å². The normalized spacial score (nSPS) is 26.6. The highest BCUT2D eigenvalue weighted by molar-refractivity contribution is 5.79. The Balaban J connectivity index is 1.25. The van der Waals surface area contributed by atoms with Crippen LogP contribution in [0.3, 0.4) is 0 Å². The summed E-state index contributed by atoms with van der Waals surface area (Å²) in [6.45, 7) is 12.1. The van der Waals surface area contributed by atoms with E-state index < -0.39 is 0 Å². The predicted octanol–water partition coefficient (Wildman–Crippen LogP) is 3.80. The fourth-order valence-electron chi connectivity index (χ4n) is 5.61. The molecule has 1 aromatic rings. The second-order valence-corrected chi connectivity index (χ2v) is 10.2. The second-order valence-electron chi connectivity index (χ2n) is 10.2. The molecule has 5 heteroatoms. The maximum absolute atomic E-state index is 13.2. The highest BCUT2D eigenvalue weighted by Crippen LogP contribution is 2.35. The van der Waals surface area contributed by atoms with Crippen molar-refractivity contribution in [2.75, 3.05) is 39.3 Å². The van der Waals surface area contributed by atoms with Crippen LogP contribution in [0.1, 0.15) is 64.4 Å². The van der Waals surface area contributed by atoms with Gasteiger partial charge in [0.25, 0.3) is 0 Å². The van der Waals surface area contributed by atoms with E-state index in [2.05, 4.69) is 39.6 Å². The van der Waals surface area contributed by atoms with Gasteiger partial charge in [0.05, 0.1) is 5.92 Å². The molecule has 1 aromatic heterocycles. The third kappa shape index (κ3) is 5.23. The first-order valence-electron chi connectivity index (χ1n) is 12.2. The molecule has 3 fully saturated rings. The lowest BCUT2D eigenvalue weighted by molar-refractivity contribution is -0.140. The van der Waals surface area contributed by atoms with Crippen molar-refractivity contribution in [2.24, 2.45) is 11.3 Å². The van der Waals surface area contributed by atoms with Crippen molar-refractivity contribution in [3.05, 3.63) is 30.1 Å². The van der Waals surface area contributed by atoms with Gasteiger partial charge in [0.2, 0.25) is 5.91 Å². The van der Waals surface area contributed by atoms with E-state index in [4.69, 9.17) is 0 Å². The number of hydrogen-bond acceptors (Lipinski definition) is 4. The van der Waals surface area contributed by atoms with Crippen LogP contribution in [0.2, 0.25) is 0 Å². The number of aromatic nitrogens is 1. The molecule has 5 nitrogen and oxygen atoms in total. The summed E-state index contributed by atoms with van der Waals surface area (Å²) in [7, 11) is 0. The number of amides is 1. The standard InChI is InChI=1S/C25H40N4O/c1-3-25(2)10-16-28(17-11-25)24(30)22-7-5-13-29(20-22)23-8-14-27(15-9-23)19-21-6-4-12-26-18-21/h4,6,12,18,22-23H,3,5,7-11,13-17,19-20H2,1-2H3/t22-/m1/s1. The largest absolute Gasteiger partial charge is 0.342 e. The molecule has 0 unspecified atom stereocenters. The molecule has 0 saturated carbocycles. The summed E-state index contributed by atoms with van der Waals surface area (Å²) < 4.78 is 0. The number of pyridine rings is 1. The Labute approximate surface area is 182 Å². The summed E-state index contributed by atoms with van der Waals surface area (Å²) in [6, 6.07) is 4.84. The van der Waals surface area contributed by atoms with E-state index in [0.717, 1.165) is 45.7 Å². The van der Waals surface area contributed by atoms with E-state index in [1.807, 2.05) is 18.5 Å². The van der Waals surface area contributed by atoms with Crippen LogP contribution in [-0.2, 0) is 11.3 Å². The first-order valence-corrected chi connectivity index (χ1v) is 12.2. The summed E-state index contributed by atoms with van der Waals surface area (Å²) in [4.78, 5) is 24.8. The van der Waals surface area contributed by atoms with Crippen molar-refractivity contribution in [3.8, 4) is 0 Å². The molecule has 30 heavy (non-hydrogen) atoms. The number of nitrogens with zero attached hydrogens (tertiary/aromatic N) is 4. The molecule has 3 aliphatic heterocycles. The smallest absolute Gasteiger partial charge is 0.226 e. The lowest BCUT2D eigenvalue weighted by Crippen LogP contribution is -2.52. The van der Waals surface area contributed by atoms with Crippen molar-refractivity contribution < 1.29 is 4.79 Å². The molecule has 0 aromatic carbocycles. The highest BCUT2D eigenvalue weighted by Gasteiger charge is 2.36. The number of likely N-dealkylation sites (tertiary alicyclic amines) is 3. The van der Waals surface area contributed by atoms with Gasteiger partial charge in [0.15, 0.2) is 0 Å². The Hall–Kier alpha value is -1.46. The van der Waals surface area contributed by atoms with Crippen molar-refractivity contribution in [2.45, 2.75) is 71.4 Å². The fraction of sp³-hybridized carbons (Fsp3) is 0.760. The van der Waals surface area contributed by atoms with Gasteiger partial charge in [-0.05, 0) is 75.2 Å². The third-order valence-corrected chi connectivity index (χ3v) is 8.14. The molecule has 3 aliphatic rings. The maximum atomic E-state index is 13.2. The van der Waals surface area contributed by atoms with Gasteiger partial charge in [-0.15, -0.1) is 0 Å². The molecule has 0 N–H and O–H groups in total. The van der Waals surface area contributed by atoms with Crippen molar-refractivity contribution in [1.29, 1.82) is 0 Å². The third-order valence-electron chi connectivity index (χ3n) is 8.14. The van der Waals surface area contributed by atoms with Crippen molar-refractivity contribution >= 4 is 5.91 Å². The van der Waals surface area contributed by atoms with Crippen molar-refractivity contribution in [3.63, 3.8) is 0 Å². The quantitative estimate of drug-likeness (QED) is 0.738. The van der Waals surface area contributed by atoms with E-state index in [1.165, 1.54) is 50.6 Å². The van der Waals surface area contributed by atoms with Gasteiger partial charge in [-0.25, -0.2) is 0 Å². The van der Waals surface area contributed by atoms with Crippen LogP contribution in [0.5, 0.6) is 0 Å². The predicted molar refractivity (Wildman–Crippen MR) is 121 cm³/mol. The zero-order valence-corrected chi connectivity index (χ0v) is 19.1. The number of rotatable bonds is 5. The Morgan fingerprint density at radius 2 is 1.90 bits per heavy atom. The lowest BCUT2D eigenvalue weighted by atomic mass is 9.78. The Morgan fingerprint density at radius 1 is 1.13 bits per heavy atom. The van der Waals surface area contributed by atoms with Crippen LogP contribution in [-0.4, -0.2) is 70.9 Å². The van der Waals surface area contributed by atoms with Gasteiger partial charge in [0.1, 0.15) is 0 Å². The van der Waals surface area contributed by atoms with Gasteiger partial charge in [-0.2, -0.15) is 0 Å². The summed E-state index contributed by atoms with van der Waals surface area (Å²) in [5, 5.41) is 0. The van der Waals surface area contributed by atoms with Crippen LogP contribution in [0.25, 0.3) is 0 Å². The topological polar surface area (TPSA) is 39.7 Å². The molecule has 0 spiro atoms. The Morgan fingerprint density at radius 3 is 2.57 bits per heavy atom. The lowest BCUT2D eigenvalue weighted by Gasteiger charge is -2.44. The average Bonchev–Trinajstić information content (AvgIpc) is 2.80. The van der Waals surface area contributed by atoms with Crippen LogP contribution < -0.4 is 0 Å². The van der Waals surface area contributed by atoms with Crippen LogP contribution >= 0.6 is 0 Å². The van der Waals surface area contributed by atoms with E-state index in [0.29, 0.717) is 17.4 Å². The van der Waals surface area contributed by atoms with Crippen LogP contribution in [0, 0.1) is 11.3 Å². The zero-order valence-electron chi connectivity index (χ0n) is 19.1. The van der Waals surface area contributed by atoms with Gasteiger partial charge < -0.3 is 4.90 Å². The minimum Gasteiger partial charge on any atom is -0.342 e. The van der Waals surface area contributed by atoms with E-state index in [-0.39, 0.29) is 5.92 Å². The second kappa shape index (κ2) is 9.78. The van der Waals surface area contributed by atoms with Gasteiger partial charge >= 0.3 is 0 Å². The molecule has 1 amide bonds. The number of hydrogen-bond donors (Lipinski definition) is 0. The van der Waals surface area contributed by atoms with Gasteiger partial charge in [0, 0.05) is 44.6 Å². The average molecular weight is 413 g/mol. The highest BCUT2D eigenvalue weighted by atomic mass is 16.2. The summed E-state index contributed by atoms with van der Waals surface area (Å²) >= 11 is 0. The molecule has 0 aliphatic carbocycles. The number of piperidine rings is 3.